The van der Waals surface area contributed by atoms with Crippen molar-refractivity contribution in [2.45, 2.75) is 19.4 Å². The molecule has 2 atom stereocenters. The molecule has 86 valence electrons. The predicted octanol–water partition coefficient (Wildman–Crippen LogP) is 0.925. The van der Waals surface area contributed by atoms with Gasteiger partial charge in [-0.15, -0.1) is 0 Å². The zero-order valence-corrected chi connectivity index (χ0v) is 9.34. The van der Waals surface area contributed by atoms with Crippen molar-refractivity contribution >= 4 is 5.91 Å². The molecule has 4 nitrogen and oxygen atoms in total. The van der Waals surface area contributed by atoms with Gasteiger partial charge in [-0.3, -0.25) is 9.78 Å². The molecule has 1 aliphatic rings. The van der Waals surface area contributed by atoms with E-state index in [2.05, 4.69) is 4.98 Å². The number of hydrogen-bond acceptors (Lipinski definition) is 3. The molecular formula is C12H16N2O2. The maximum Gasteiger partial charge on any atom is 0.253 e. The first-order valence-electron chi connectivity index (χ1n) is 5.56. The van der Waals surface area contributed by atoms with E-state index in [9.17, 15) is 9.90 Å². The molecule has 1 amide bonds. The first-order valence-corrected chi connectivity index (χ1v) is 5.56. The second-order valence-electron chi connectivity index (χ2n) is 4.28. The van der Waals surface area contributed by atoms with E-state index >= 15 is 0 Å². The number of aliphatic hydroxyl groups excluding tert-OH is 1. The highest BCUT2D eigenvalue weighted by Gasteiger charge is 2.29. The van der Waals surface area contributed by atoms with E-state index < -0.39 is 0 Å². The van der Waals surface area contributed by atoms with Gasteiger partial charge in [0.1, 0.15) is 0 Å². The van der Waals surface area contributed by atoms with Crippen LogP contribution in [-0.2, 0) is 0 Å². The lowest BCUT2D eigenvalue weighted by Gasteiger charge is -2.17. The summed E-state index contributed by atoms with van der Waals surface area (Å²) in [5.74, 6) is 0.247. The van der Waals surface area contributed by atoms with Crippen LogP contribution in [0.1, 0.15) is 23.7 Å². The van der Waals surface area contributed by atoms with Gasteiger partial charge in [-0.1, -0.05) is 0 Å². The van der Waals surface area contributed by atoms with Gasteiger partial charge in [-0.25, -0.2) is 0 Å². The molecule has 1 aromatic heterocycles. The molecule has 2 rings (SSSR count). The van der Waals surface area contributed by atoms with Crippen molar-refractivity contribution in [3.05, 3.63) is 30.1 Å². The van der Waals surface area contributed by atoms with Crippen LogP contribution < -0.4 is 0 Å². The fraction of sp³-hybridized carbons (Fsp3) is 0.500. The SMILES string of the molecule is CC(O)C1CCN(C(=O)c2ccncc2)C1. The summed E-state index contributed by atoms with van der Waals surface area (Å²) in [6.45, 7) is 3.17. The van der Waals surface area contributed by atoms with E-state index in [1.807, 2.05) is 0 Å². The highest BCUT2D eigenvalue weighted by atomic mass is 16.3. The van der Waals surface area contributed by atoms with Gasteiger partial charge >= 0.3 is 0 Å². The molecule has 1 aromatic rings. The number of aromatic nitrogens is 1. The minimum absolute atomic E-state index is 0.0329. The van der Waals surface area contributed by atoms with Gasteiger partial charge in [0.05, 0.1) is 6.10 Å². The van der Waals surface area contributed by atoms with E-state index in [0.29, 0.717) is 12.1 Å². The number of pyridine rings is 1. The molecule has 1 fully saturated rings. The Labute approximate surface area is 94.9 Å². The Morgan fingerprint density at radius 2 is 2.25 bits per heavy atom. The highest BCUT2D eigenvalue weighted by Crippen LogP contribution is 2.21. The van der Waals surface area contributed by atoms with E-state index in [1.165, 1.54) is 0 Å². The average molecular weight is 220 g/mol. The lowest BCUT2D eigenvalue weighted by atomic mass is 10.0. The summed E-state index contributed by atoms with van der Waals surface area (Å²) in [5, 5.41) is 9.47. The second-order valence-corrected chi connectivity index (χ2v) is 4.28. The Kier molecular flexibility index (Phi) is 3.19. The lowest BCUT2D eigenvalue weighted by Crippen LogP contribution is -2.30. The first-order chi connectivity index (χ1) is 7.68. The molecule has 4 heteroatoms. The number of rotatable bonds is 2. The predicted molar refractivity (Wildman–Crippen MR) is 59.9 cm³/mol. The van der Waals surface area contributed by atoms with E-state index in [0.717, 1.165) is 13.0 Å². The Morgan fingerprint density at radius 3 is 2.81 bits per heavy atom. The summed E-state index contributed by atoms with van der Waals surface area (Å²) in [6.07, 6.45) is 3.79. The summed E-state index contributed by atoms with van der Waals surface area (Å²) >= 11 is 0. The number of nitrogens with zero attached hydrogens (tertiary/aromatic N) is 2. The molecule has 0 saturated carbocycles. The third-order valence-electron chi connectivity index (χ3n) is 3.12. The first kappa shape index (κ1) is 11.1. The van der Waals surface area contributed by atoms with E-state index in [-0.39, 0.29) is 17.9 Å². The molecule has 0 aliphatic carbocycles. The van der Waals surface area contributed by atoms with Gasteiger partial charge in [0.15, 0.2) is 0 Å². The minimum atomic E-state index is -0.338. The zero-order valence-electron chi connectivity index (χ0n) is 9.34. The fourth-order valence-corrected chi connectivity index (χ4v) is 2.04. The summed E-state index contributed by atoms with van der Waals surface area (Å²) in [4.78, 5) is 17.7. The molecule has 1 N–H and O–H groups in total. The van der Waals surface area contributed by atoms with Crippen LogP contribution >= 0.6 is 0 Å². The van der Waals surface area contributed by atoms with Crippen LogP contribution in [0.3, 0.4) is 0 Å². The van der Waals surface area contributed by atoms with Crippen LogP contribution in [-0.4, -0.2) is 40.1 Å². The quantitative estimate of drug-likeness (QED) is 0.806. The van der Waals surface area contributed by atoms with Gasteiger partial charge in [0.25, 0.3) is 5.91 Å². The molecule has 16 heavy (non-hydrogen) atoms. The number of aliphatic hydroxyl groups is 1. The third-order valence-corrected chi connectivity index (χ3v) is 3.12. The molecule has 0 bridgehead atoms. The monoisotopic (exact) mass is 220 g/mol. The van der Waals surface area contributed by atoms with E-state index in [4.69, 9.17) is 0 Å². The Balaban J connectivity index is 2.03. The van der Waals surface area contributed by atoms with Gasteiger partial charge in [-0.2, -0.15) is 0 Å². The van der Waals surface area contributed by atoms with Crippen LogP contribution in [0.15, 0.2) is 24.5 Å². The Hall–Kier alpha value is -1.42. The summed E-state index contributed by atoms with van der Waals surface area (Å²) in [7, 11) is 0. The standard InChI is InChI=1S/C12H16N2O2/c1-9(15)11-4-7-14(8-11)12(16)10-2-5-13-6-3-10/h2-3,5-6,9,11,15H,4,7-8H2,1H3. The normalized spacial score (nSPS) is 22.1. The van der Waals surface area contributed by atoms with Crippen LogP contribution in [0.4, 0.5) is 0 Å². The fourth-order valence-electron chi connectivity index (χ4n) is 2.04. The molecule has 0 spiro atoms. The van der Waals surface area contributed by atoms with Crippen molar-refractivity contribution in [1.82, 2.24) is 9.88 Å². The van der Waals surface area contributed by atoms with Gasteiger partial charge < -0.3 is 10.0 Å². The maximum absolute atomic E-state index is 12.0. The maximum atomic E-state index is 12.0. The number of amides is 1. The van der Waals surface area contributed by atoms with Gasteiger partial charge in [-0.05, 0) is 25.5 Å². The molecule has 0 aromatic carbocycles. The highest BCUT2D eigenvalue weighted by molar-refractivity contribution is 5.94. The van der Waals surface area contributed by atoms with Gasteiger partial charge in [0, 0.05) is 37.0 Å². The number of carbonyl (C=O) groups is 1. The second kappa shape index (κ2) is 4.61. The van der Waals surface area contributed by atoms with Crippen LogP contribution in [0, 0.1) is 5.92 Å². The molecule has 1 aliphatic heterocycles. The number of hydrogen-bond donors (Lipinski definition) is 1. The van der Waals surface area contributed by atoms with Crippen molar-refractivity contribution in [2.75, 3.05) is 13.1 Å². The largest absolute Gasteiger partial charge is 0.393 e. The molecular weight excluding hydrogens is 204 g/mol. The smallest absolute Gasteiger partial charge is 0.253 e. The summed E-state index contributed by atoms with van der Waals surface area (Å²) in [5.41, 5.74) is 0.668. The number of carbonyl (C=O) groups excluding carboxylic acids is 1. The van der Waals surface area contributed by atoms with Crippen molar-refractivity contribution < 1.29 is 9.90 Å². The molecule has 0 radical (unpaired) electrons. The van der Waals surface area contributed by atoms with Crippen molar-refractivity contribution in [1.29, 1.82) is 0 Å². The van der Waals surface area contributed by atoms with Crippen LogP contribution in [0.2, 0.25) is 0 Å². The zero-order chi connectivity index (χ0) is 11.5. The molecule has 2 unspecified atom stereocenters. The van der Waals surface area contributed by atoms with Gasteiger partial charge in [0.2, 0.25) is 0 Å². The third kappa shape index (κ3) is 2.22. The van der Waals surface area contributed by atoms with Crippen LogP contribution in [0.5, 0.6) is 0 Å². The van der Waals surface area contributed by atoms with Crippen molar-refractivity contribution in [3.63, 3.8) is 0 Å². The van der Waals surface area contributed by atoms with Crippen LogP contribution in [0.25, 0.3) is 0 Å². The molecule has 1 saturated heterocycles. The molecule has 2 heterocycles. The van der Waals surface area contributed by atoms with E-state index in [1.54, 1.807) is 36.4 Å². The topological polar surface area (TPSA) is 53.4 Å². The Morgan fingerprint density at radius 1 is 1.56 bits per heavy atom. The summed E-state index contributed by atoms with van der Waals surface area (Å²) in [6, 6.07) is 3.44. The number of likely N-dealkylation sites (tertiary alicyclic amines) is 1. The average Bonchev–Trinajstić information content (AvgIpc) is 2.78. The van der Waals surface area contributed by atoms with Crippen molar-refractivity contribution in [2.24, 2.45) is 5.92 Å². The Bertz CT molecular complexity index is 365. The van der Waals surface area contributed by atoms with Crippen molar-refractivity contribution in [3.8, 4) is 0 Å². The minimum Gasteiger partial charge on any atom is -0.393 e. The summed E-state index contributed by atoms with van der Waals surface area (Å²) < 4.78 is 0. The lowest BCUT2D eigenvalue weighted by molar-refractivity contribution is 0.0762.